The minimum absolute atomic E-state index is 0.0657. The number of ether oxygens (including phenoxy) is 1. The van der Waals surface area contributed by atoms with Crippen molar-refractivity contribution in [3.05, 3.63) is 35.4 Å². The van der Waals surface area contributed by atoms with Crippen LogP contribution in [0.4, 0.5) is 4.79 Å². The third-order valence-corrected chi connectivity index (χ3v) is 3.98. The van der Waals surface area contributed by atoms with E-state index in [1.54, 1.807) is 23.8 Å². The SMILES string of the molecule is CCOC(=O)NS(=O)(=O)N[C@@H]1c2ccccc2C[C@@H]1O. The highest BCUT2D eigenvalue weighted by Crippen LogP contribution is 2.31. The summed E-state index contributed by atoms with van der Waals surface area (Å²) < 4.78 is 32.1. The number of hydrogen-bond acceptors (Lipinski definition) is 5. The number of carbonyl (C=O) groups excluding carboxylic acids is 1. The zero-order chi connectivity index (χ0) is 14.8. The number of fused-ring (bicyclic) bond motifs is 1. The summed E-state index contributed by atoms with van der Waals surface area (Å²) in [6.45, 7) is 1.63. The molecule has 0 unspecified atom stereocenters. The van der Waals surface area contributed by atoms with Crippen LogP contribution in [0.15, 0.2) is 24.3 Å². The van der Waals surface area contributed by atoms with Crippen molar-refractivity contribution in [2.75, 3.05) is 6.61 Å². The molecule has 1 aliphatic carbocycles. The predicted molar refractivity (Wildman–Crippen MR) is 71.1 cm³/mol. The Hall–Kier alpha value is -1.64. The van der Waals surface area contributed by atoms with Gasteiger partial charge in [-0.3, -0.25) is 0 Å². The first-order valence-corrected chi connectivity index (χ1v) is 7.64. The first-order valence-electron chi connectivity index (χ1n) is 6.15. The molecule has 0 spiro atoms. The molecular weight excluding hydrogens is 284 g/mol. The summed E-state index contributed by atoms with van der Waals surface area (Å²) in [6, 6.07) is 6.36. The molecule has 1 amide bonds. The van der Waals surface area contributed by atoms with E-state index in [0.717, 1.165) is 5.56 Å². The minimum Gasteiger partial charge on any atom is -0.449 e. The molecular formula is C12H16N2O5S. The Balaban J connectivity index is 2.12. The second-order valence-electron chi connectivity index (χ2n) is 4.39. The molecule has 0 aliphatic heterocycles. The fourth-order valence-corrected chi connectivity index (χ4v) is 3.14. The first kappa shape index (κ1) is 14.8. The summed E-state index contributed by atoms with van der Waals surface area (Å²) in [5.74, 6) is 0. The Kier molecular flexibility index (Phi) is 4.26. The molecule has 0 saturated carbocycles. The number of amides is 1. The predicted octanol–water partition coefficient (Wildman–Crippen LogP) is 0.225. The standard InChI is InChI=1S/C12H16N2O5S/c1-2-19-12(16)14-20(17,18)13-11-9-6-4-3-5-8(9)7-10(11)15/h3-6,10-11,13,15H,2,7H2,1H3,(H,14,16)/t10-,11+/m0/s1. The van der Waals surface area contributed by atoms with Gasteiger partial charge in [-0.15, -0.1) is 0 Å². The van der Waals surface area contributed by atoms with Gasteiger partial charge in [0.25, 0.3) is 0 Å². The summed E-state index contributed by atoms with van der Waals surface area (Å²) in [4.78, 5) is 11.1. The van der Waals surface area contributed by atoms with E-state index in [2.05, 4.69) is 9.46 Å². The lowest BCUT2D eigenvalue weighted by atomic mass is 10.1. The molecule has 2 rings (SSSR count). The molecule has 0 fully saturated rings. The molecule has 2 atom stereocenters. The Bertz CT molecular complexity index is 602. The van der Waals surface area contributed by atoms with Gasteiger partial charge in [-0.05, 0) is 18.1 Å². The molecule has 0 saturated heterocycles. The van der Waals surface area contributed by atoms with Crippen molar-refractivity contribution in [3.63, 3.8) is 0 Å². The van der Waals surface area contributed by atoms with Crippen LogP contribution < -0.4 is 9.44 Å². The maximum atomic E-state index is 11.8. The van der Waals surface area contributed by atoms with Crippen LogP contribution in [0.2, 0.25) is 0 Å². The van der Waals surface area contributed by atoms with Gasteiger partial charge in [0.05, 0.1) is 18.8 Å². The molecule has 0 aromatic heterocycles. The summed E-state index contributed by atoms with van der Waals surface area (Å²) in [7, 11) is -4.10. The molecule has 20 heavy (non-hydrogen) atoms. The van der Waals surface area contributed by atoms with Crippen LogP contribution in [0.25, 0.3) is 0 Å². The van der Waals surface area contributed by atoms with Crippen LogP contribution in [0.3, 0.4) is 0 Å². The van der Waals surface area contributed by atoms with Crippen molar-refractivity contribution in [3.8, 4) is 0 Å². The van der Waals surface area contributed by atoms with Crippen molar-refractivity contribution in [2.24, 2.45) is 0 Å². The zero-order valence-corrected chi connectivity index (χ0v) is 11.7. The Labute approximate surface area is 117 Å². The summed E-state index contributed by atoms with van der Waals surface area (Å²) in [5.41, 5.74) is 1.58. The van der Waals surface area contributed by atoms with Crippen molar-refractivity contribution in [1.29, 1.82) is 0 Å². The van der Waals surface area contributed by atoms with Gasteiger partial charge in [0.15, 0.2) is 0 Å². The number of benzene rings is 1. The molecule has 1 aromatic carbocycles. The molecule has 8 heteroatoms. The lowest BCUT2D eigenvalue weighted by Crippen LogP contribution is -2.44. The van der Waals surface area contributed by atoms with Crippen molar-refractivity contribution in [2.45, 2.75) is 25.5 Å². The normalized spacial score (nSPS) is 21.3. The summed E-state index contributed by atoms with van der Waals surface area (Å²) in [6.07, 6.45) is -1.56. The third-order valence-electron chi connectivity index (χ3n) is 2.98. The fourth-order valence-electron chi connectivity index (χ4n) is 2.18. The number of carbonyl (C=O) groups is 1. The monoisotopic (exact) mass is 300 g/mol. The van der Waals surface area contributed by atoms with Crippen LogP contribution in [-0.4, -0.2) is 32.3 Å². The maximum Gasteiger partial charge on any atom is 0.421 e. The van der Waals surface area contributed by atoms with E-state index < -0.39 is 28.4 Å². The average molecular weight is 300 g/mol. The highest BCUT2D eigenvalue weighted by molar-refractivity contribution is 7.88. The van der Waals surface area contributed by atoms with E-state index in [0.29, 0.717) is 12.0 Å². The molecule has 110 valence electrons. The number of hydrogen-bond donors (Lipinski definition) is 3. The van der Waals surface area contributed by atoms with Gasteiger partial charge in [0.1, 0.15) is 0 Å². The van der Waals surface area contributed by atoms with Crippen LogP contribution in [-0.2, 0) is 21.4 Å². The largest absolute Gasteiger partial charge is 0.449 e. The molecule has 0 heterocycles. The summed E-state index contributed by atoms with van der Waals surface area (Å²) in [5, 5.41) is 9.94. The number of rotatable bonds is 4. The quantitative estimate of drug-likeness (QED) is 0.738. The van der Waals surface area contributed by atoms with Gasteiger partial charge in [-0.25, -0.2) is 9.52 Å². The van der Waals surface area contributed by atoms with Crippen LogP contribution >= 0.6 is 0 Å². The van der Waals surface area contributed by atoms with Gasteiger partial charge in [0.2, 0.25) is 0 Å². The van der Waals surface area contributed by atoms with E-state index in [4.69, 9.17) is 0 Å². The van der Waals surface area contributed by atoms with Crippen molar-refractivity contribution in [1.82, 2.24) is 9.44 Å². The smallest absolute Gasteiger partial charge is 0.421 e. The molecule has 3 N–H and O–H groups in total. The highest BCUT2D eigenvalue weighted by atomic mass is 32.2. The van der Waals surface area contributed by atoms with Crippen LogP contribution in [0, 0.1) is 0 Å². The topological polar surface area (TPSA) is 105 Å². The minimum atomic E-state index is -4.10. The van der Waals surface area contributed by atoms with Gasteiger partial charge in [-0.1, -0.05) is 24.3 Å². The van der Waals surface area contributed by atoms with E-state index in [9.17, 15) is 18.3 Å². The van der Waals surface area contributed by atoms with Gasteiger partial charge < -0.3 is 9.84 Å². The fraction of sp³-hybridized carbons (Fsp3) is 0.417. The lowest BCUT2D eigenvalue weighted by molar-refractivity contribution is 0.149. The highest BCUT2D eigenvalue weighted by Gasteiger charge is 2.34. The molecule has 7 nitrogen and oxygen atoms in total. The van der Waals surface area contributed by atoms with Gasteiger partial charge in [0, 0.05) is 6.42 Å². The second kappa shape index (κ2) is 5.78. The van der Waals surface area contributed by atoms with E-state index in [1.807, 2.05) is 12.1 Å². The van der Waals surface area contributed by atoms with E-state index in [1.165, 1.54) is 0 Å². The molecule has 1 aliphatic rings. The second-order valence-corrected chi connectivity index (χ2v) is 5.84. The average Bonchev–Trinajstić information content (AvgIpc) is 2.65. The third kappa shape index (κ3) is 3.27. The molecule has 1 aromatic rings. The van der Waals surface area contributed by atoms with E-state index in [-0.39, 0.29) is 6.61 Å². The number of aliphatic hydroxyl groups is 1. The van der Waals surface area contributed by atoms with Crippen LogP contribution in [0.1, 0.15) is 24.1 Å². The number of nitrogens with one attached hydrogen (secondary N) is 2. The van der Waals surface area contributed by atoms with E-state index >= 15 is 0 Å². The zero-order valence-electron chi connectivity index (χ0n) is 10.9. The lowest BCUT2D eigenvalue weighted by Gasteiger charge is -2.18. The van der Waals surface area contributed by atoms with Crippen LogP contribution in [0.5, 0.6) is 0 Å². The summed E-state index contributed by atoms with van der Waals surface area (Å²) >= 11 is 0. The Morgan fingerprint density at radius 2 is 2.15 bits per heavy atom. The van der Waals surface area contributed by atoms with Gasteiger partial charge >= 0.3 is 16.3 Å². The number of aliphatic hydroxyl groups excluding tert-OH is 1. The maximum absolute atomic E-state index is 11.8. The molecule has 0 bridgehead atoms. The Morgan fingerprint density at radius 1 is 1.45 bits per heavy atom. The molecule has 0 radical (unpaired) electrons. The van der Waals surface area contributed by atoms with Crippen molar-refractivity contribution < 1.29 is 23.1 Å². The van der Waals surface area contributed by atoms with Gasteiger partial charge in [-0.2, -0.15) is 13.1 Å². The van der Waals surface area contributed by atoms with Crippen molar-refractivity contribution >= 4 is 16.3 Å². The first-order chi connectivity index (χ1) is 9.43. The Morgan fingerprint density at radius 3 is 2.85 bits per heavy atom.